The van der Waals surface area contributed by atoms with Gasteiger partial charge in [-0.15, -0.1) is 20.5 Å². The Bertz CT molecular complexity index is 2860. The molecule has 0 heterocycles. The van der Waals surface area contributed by atoms with Gasteiger partial charge in [0.1, 0.15) is 51.8 Å². The molecular weight excluding hydrogens is 861 g/mol. The number of rotatable bonds is 8. The minimum atomic E-state index is -5.57. The molecule has 18 nitrogen and oxygen atoms in total. The first-order valence-corrected chi connectivity index (χ1v) is 19.6. The van der Waals surface area contributed by atoms with Crippen LogP contribution in [0.25, 0.3) is 32.3 Å². The Hall–Kier alpha value is -1.46. The largest absolute Gasteiger partial charge is 1.00 e. The molecule has 0 unspecified atom stereocenters. The van der Waals surface area contributed by atoms with E-state index in [4.69, 9.17) is 0 Å². The molecule has 0 bridgehead atoms. The summed E-state index contributed by atoms with van der Waals surface area (Å²) in [6.07, 6.45) is 0. The summed E-state index contributed by atoms with van der Waals surface area (Å²) in [7, 11) is -21.1. The number of phenolic OH excluding ortho intramolecular Hbond substituents is 2. The van der Waals surface area contributed by atoms with E-state index in [1.165, 1.54) is 48.5 Å². The maximum atomic E-state index is 12.3. The summed E-state index contributed by atoms with van der Waals surface area (Å²) in [5.74, 6) is -2.53. The maximum Gasteiger partial charge on any atom is 1.00 e. The molecule has 0 saturated carbocycles. The molecule has 0 aliphatic heterocycles. The topological polar surface area (TPSA) is 319 Å². The van der Waals surface area contributed by atoms with Gasteiger partial charge >= 0.3 is 118 Å². The second-order valence-electron chi connectivity index (χ2n) is 10.7. The Labute approximate surface area is 406 Å². The third-order valence-corrected chi connectivity index (χ3v) is 11.1. The van der Waals surface area contributed by atoms with Gasteiger partial charge in [0.15, 0.2) is 11.5 Å². The summed E-state index contributed by atoms with van der Waals surface area (Å²) in [6.45, 7) is 0. The van der Waals surface area contributed by atoms with Gasteiger partial charge in [-0.1, -0.05) is 48.5 Å². The van der Waals surface area contributed by atoms with E-state index in [1.54, 1.807) is 0 Å². The van der Waals surface area contributed by atoms with Crippen LogP contribution in [0.15, 0.2) is 125 Å². The maximum absolute atomic E-state index is 12.3. The molecule has 0 amide bonds. The molecule has 268 valence electrons. The first kappa shape index (κ1) is 50.7. The normalized spacial score (nSPS) is 12.3. The SMILES string of the molecule is O=S(=O)([O-])c1cc2cc(S(=O)(=O)[O-])c(N=Nc3ccc(S(=O)(=O)[O-])c4ccccc34)c(O)c2c(O)c1N=Nc1ccc(S(=O)(=O)[O-])c2ccccc12.[Na+].[Na+].[Na+].[Na+]. The van der Waals surface area contributed by atoms with Gasteiger partial charge in [0.05, 0.1) is 36.3 Å². The number of benzene rings is 6. The van der Waals surface area contributed by atoms with Crippen molar-refractivity contribution < 1.29 is 180 Å². The van der Waals surface area contributed by atoms with Gasteiger partial charge in [0, 0.05) is 21.5 Å². The van der Waals surface area contributed by atoms with E-state index < -0.39 is 93.7 Å². The fourth-order valence-corrected chi connectivity index (χ4v) is 8.02. The van der Waals surface area contributed by atoms with E-state index in [0.717, 1.165) is 24.3 Å². The number of nitrogens with zero attached hydrogens (tertiary/aromatic N) is 4. The number of aromatic hydroxyl groups is 2. The molecule has 0 aliphatic rings. The summed E-state index contributed by atoms with van der Waals surface area (Å²) in [5, 5.41) is 35.9. The van der Waals surface area contributed by atoms with Crippen molar-refractivity contribution in [1.29, 1.82) is 0 Å². The predicted molar refractivity (Wildman–Crippen MR) is 175 cm³/mol. The third kappa shape index (κ3) is 10.3. The van der Waals surface area contributed by atoms with Crippen molar-refractivity contribution in [3.8, 4) is 11.5 Å². The van der Waals surface area contributed by atoms with Crippen LogP contribution in [0.4, 0.5) is 22.7 Å². The first-order valence-electron chi connectivity index (χ1n) is 13.9. The summed E-state index contributed by atoms with van der Waals surface area (Å²) >= 11 is 0. The first-order chi connectivity index (χ1) is 24.2. The van der Waals surface area contributed by atoms with Crippen LogP contribution in [0.5, 0.6) is 11.5 Å². The monoisotopic (exact) mass is 876 g/mol. The van der Waals surface area contributed by atoms with Crippen molar-refractivity contribution in [1.82, 2.24) is 0 Å². The average Bonchev–Trinajstić information content (AvgIpc) is 3.04. The van der Waals surface area contributed by atoms with Crippen LogP contribution >= 0.6 is 0 Å². The fourth-order valence-electron chi connectivity index (χ4n) is 5.36. The summed E-state index contributed by atoms with van der Waals surface area (Å²) < 4.78 is 144. The van der Waals surface area contributed by atoms with Gasteiger partial charge in [-0.05, 0) is 41.8 Å². The summed E-state index contributed by atoms with van der Waals surface area (Å²) in [5.41, 5.74) is -2.51. The van der Waals surface area contributed by atoms with Crippen LogP contribution in [-0.2, 0) is 40.5 Å². The molecule has 0 aliphatic carbocycles. The van der Waals surface area contributed by atoms with Gasteiger partial charge < -0.3 is 28.4 Å². The molecule has 0 spiro atoms. The molecule has 6 aromatic rings. The molecule has 6 rings (SSSR count). The molecule has 0 aromatic heterocycles. The van der Waals surface area contributed by atoms with Crippen molar-refractivity contribution in [3.63, 3.8) is 0 Å². The van der Waals surface area contributed by atoms with Crippen LogP contribution in [0.1, 0.15) is 0 Å². The Balaban J connectivity index is 0.00000271. The van der Waals surface area contributed by atoms with Crippen LogP contribution < -0.4 is 118 Å². The third-order valence-electron chi connectivity index (χ3n) is 7.57. The smallest absolute Gasteiger partial charge is 0.744 e. The van der Waals surface area contributed by atoms with Crippen LogP contribution in [-0.4, -0.2) is 62.1 Å². The fraction of sp³-hybridized carbons (Fsp3) is 0. The van der Waals surface area contributed by atoms with Crippen molar-refractivity contribution >= 4 is 95.5 Å². The molecule has 56 heavy (non-hydrogen) atoms. The molecule has 0 radical (unpaired) electrons. The minimum Gasteiger partial charge on any atom is -0.744 e. The van der Waals surface area contributed by atoms with Crippen molar-refractivity contribution in [3.05, 3.63) is 84.9 Å². The zero-order valence-corrected chi connectivity index (χ0v) is 40.6. The number of phenols is 2. The molecule has 2 N–H and O–H groups in total. The minimum absolute atomic E-state index is 0. The van der Waals surface area contributed by atoms with E-state index in [0.29, 0.717) is 12.1 Å². The Morgan fingerprint density at radius 1 is 0.411 bits per heavy atom. The second-order valence-corrected chi connectivity index (χ2v) is 16.1. The van der Waals surface area contributed by atoms with E-state index in [2.05, 4.69) is 20.5 Å². The predicted octanol–water partition coefficient (Wildman–Crippen LogP) is -6.98. The van der Waals surface area contributed by atoms with Gasteiger partial charge in [-0.2, -0.15) is 0 Å². The van der Waals surface area contributed by atoms with Crippen LogP contribution in [0.3, 0.4) is 0 Å². The molecule has 0 fully saturated rings. The van der Waals surface area contributed by atoms with E-state index in [-0.39, 0.29) is 151 Å². The number of azo groups is 2. The van der Waals surface area contributed by atoms with Gasteiger partial charge in [0.2, 0.25) is 0 Å². The molecule has 0 saturated heterocycles. The zero-order valence-electron chi connectivity index (χ0n) is 29.3. The Morgan fingerprint density at radius 2 is 0.714 bits per heavy atom. The van der Waals surface area contributed by atoms with Crippen molar-refractivity contribution in [2.75, 3.05) is 0 Å². The van der Waals surface area contributed by atoms with E-state index in [1.807, 2.05) is 0 Å². The van der Waals surface area contributed by atoms with Crippen molar-refractivity contribution in [2.24, 2.45) is 20.5 Å². The summed E-state index contributed by atoms with van der Waals surface area (Å²) in [6, 6.07) is 15.8. The average molecular weight is 877 g/mol. The van der Waals surface area contributed by atoms with Crippen molar-refractivity contribution in [2.45, 2.75) is 19.6 Å². The van der Waals surface area contributed by atoms with Crippen LogP contribution in [0.2, 0.25) is 0 Å². The Morgan fingerprint density at radius 3 is 1.02 bits per heavy atom. The molecule has 6 aromatic carbocycles. The molecule has 26 heteroatoms. The summed E-state index contributed by atoms with van der Waals surface area (Å²) in [4.78, 5) is -3.80. The van der Waals surface area contributed by atoms with Gasteiger partial charge in [-0.25, -0.2) is 33.7 Å². The number of hydrogen-bond acceptors (Lipinski definition) is 18. The van der Waals surface area contributed by atoms with Gasteiger partial charge in [0.25, 0.3) is 0 Å². The van der Waals surface area contributed by atoms with E-state index in [9.17, 15) is 62.1 Å². The second kappa shape index (κ2) is 18.9. The quantitative estimate of drug-likeness (QED) is 0.0816. The number of hydrogen-bond donors (Lipinski definition) is 2. The standard InChI is InChI=1S/C30H20N4O14S4.4Na/c35-29-26-15(13-24(51(43,44)45)27(29)33-31-20-9-11-22(49(37,38)39)18-7-3-1-5-16(18)20)14-25(52(46,47)48)28(30(26)36)34-32-21-10-12-23(50(40,41)42)19-8-4-2-6-17(19)21;;;;/h1-14,35-36H,(H,37,38,39)(H,40,41,42)(H,43,44,45)(H,46,47,48);;;;/q;4*+1/p-4. The Kier molecular flexibility index (Phi) is 17.1. The number of fused-ring (bicyclic) bond motifs is 3. The van der Waals surface area contributed by atoms with Gasteiger partial charge in [-0.3, -0.25) is 0 Å². The van der Waals surface area contributed by atoms with Crippen LogP contribution in [0, 0.1) is 0 Å². The molecule has 0 atom stereocenters. The van der Waals surface area contributed by atoms with E-state index >= 15 is 0 Å². The zero-order chi connectivity index (χ0) is 38.0. The molecular formula is C30H16N4Na4O14S4.